The van der Waals surface area contributed by atoms with Gasteiger partial charge >= 0.3 is 12.1 Å². The molecule has 1 rings (SSSR count). The number of rotatable bonds is 5. The second-order valence-corrected chi connectivity index (χ2v) is 7.74. The maximum absolute atomic E-state index is 11.8. The van der Waals surface area contributed by atoms with E-state index in [1.165, 1.54) is 18.4 Å². The van der Waals surface area contributed by atoms with Crippen LogP contribution in [0, 0.1) is 6.92 Å². The normalized spacial score (nSPS) is 13.5. The molecule has 0 fully saturated rings. The summed E-state index contributed by atoms with van der Waals surface area (Å²) in [4.78, 5) is 28.2. The van der Waals surface area contributed by atoms with Crippen LogP contribution in [0.5, 0.6) is 0 Å². The molecule has 1 aromatic heterocycles. The third-order valence-electron chi connectivity index (χ3n) is 3.11. The minimum Gasteiger partial charge on any atom is -0.479 e. The number of carboxylic acid groups (broad SMARTS) is 1. The molecule has 23 heavy (non-hydrogen) atoms. The van der Waals surface area contributed by atoms with Crippen molar-refractivity contribution in [1.82, 2.24) is 4.98 Å². The highest BCUT2D eigenvalue weighted by Gasteiger charge is 2.40. The second-order valence-electron chi connectivity index (χ2n) is 6.74. The molecule has 0 bridgehead atoms. The first kappa shape index (κ1) is 19.4. The lowest BCUT2D eigenvalue weighted by atomic mass is 9.84. The Bertz CT molecular complexity index is 589. The number of anilines is 1. The van der Waals surface area contributed by atoms with Crippen molar-refractivity contribution in [2.24, 2.45) is 0 Å². The van der Waals surface area contributed by atoms with Crippen LogP contribution in [0.3, 0.4) is 0 Å². The highest BCUT2D eigenvalue weighted by Crippen LogP contribution is 2.37. The molecule has 1 atom stereocenters. The van der Waals surface area contributed by atoms with Gasteiger partial charge in [0.2, 0.25) is 0 Å². The van der Waals surface area contributed by atoms with E-state index in [0.29, 0.717) is 10.8 Å². The Morgan fingerprint density at radius 3 is 2.26 bits per heavy atom. The van der Waals surface area contributed by atoms with Crippen LogP contribution >= 0.6 is 11.3 Å². The quantitative estimate of drug-likeness (QED) is 0.851. The molecule has 0 saturated carbocycles. The highest BCUT2D eigenvalue weighted by molar-refractivity contribution is 7.16. The molecule has 7 nitrogen and oxygen atoms in total. The highest BCUT2D eigenvalue weighted by atomic mass is 32.1. The lowest BCUT2D eigenvalue weighted by molar-refractivity contribution is -0.152. The smallest absolute Gasteiger partial charge is 0.413 e. The van der Waals surface area contributed by atoms with Crippen molar-refractivity contribution in [3.63, 3.8) is 0 Å². The van der Waals surface area contributed by atoms with Gasteiger partial charge in [0.1, 0.15) is 5.60 Å². The Kier molecular flexibility index (Phi) is 5.76. The maximum atomic E-state index is 11.8. The second kappa shape index (κ2) is 6.84. The van der Waals surface area contributed by atoms with E-state index in [4.69, 9.17) is 9.47 Å². The maximum Gasteiger partial charge on any atom is 0.413 e. The number of nitrogens with zero attached hydrogens (tertiary/aromatic N) is 1. The number of aryl methyl sites for hydroxylation is 1. The number of thiazole rings is 1. The molecule has 130 valence electrons. The van der Waals surface area contributed by atoms with E-state index < -0.39 is 29.2 Å². The van der Waals surface area contributed by atoms with Crippen molar-refractivity contribution < 1.29 is 24.2 Å². The zero-order valence-electron chi connectivity index (χ0n) is 14.5. The van der Waals surface area contributed by atoms with Crippen LogP contribution in [0.2, 0.25) is 0 Å². The van der Waals surface area contributed by atoms with Crippen molar-refractivity contribution in [3.05, 3.63) is 10.6 Å². The molecule has 1 amide bonds. The molecule has 8 heteroatoms. The molecule has 0 aliphatic heterocycles. The fraction of sp³-hybridized carbons (Fsp3) is 0.667. The van der Waals surface area contributed by atoms with Gasteiger partial charge in [-0.15, -0.1) is 11.3 Å². The van der Waals surface area contributed by atoms with E-state index in [-0.39, 0.29) is 0 Å². The van der Waals surface area contributed by atoms with Gasteiger partial charge in [0, 0.05) is 17.4 Å². The summed E-state index contributed by atoms with van der Waals surface area (Å²) in [5.41, 5.74) is -0.756. The summed E-state index contributed by atoms with van der Waals surface area (Å²) in [6.07, 6.45) is -1.62. The molecule has 2 N–H and O–H groups in total. The average Bonchev–Trinajstić information content (AvgIpc) is 2.67. The minimum absolute atomic E-state index is 0.361. The first-order valence-corrected chi connectivity index (χ1v) is 7.93. The van der Waals surface area contributed by atoms with E-state index in [9.17, 15) is 14.7 Å². The first-order chi connectivity index (χ1) is 10.4. The number of aliphatic carboxylic acids is 1. The van der Waals surface area contributed by atoms with Gasteiger partial charge in [0.05, 0.1) is 5.69 Å². The lowest BCUT2D eigenvalue weighted by Gasteiger charge is -2.29. The van der Waals surface area contributed by atoms with Gasteiger partial charge < -0.3 is 14.6 Å². The molecule has 0 saturated heterocycles. The minimum atomic E-state index is -1.05. The number of carboxylic acids is 1. The summed E-state index contributed by atoms with van der Waals surface area (Å²) < 4.78 is 10.3. The van der Waals surface area contributed by atoms with Gasteiger partial charge in [-0.25, -0.2) is 14.6 Å². The summed E-state index contributed by atoms with van der Waals surface area (Å²) in [5, 5.41) is 12.2. The van der Waals surface area contributed by atoms with Gasteiger partial charge in [0.25, 0.3) is 0 Å². The van der Waals surface area contributed by atoms with E-state index in [0.717, 1.165) is 4.88 Å². The predicted molar refractivity (Wildman–Crippen MR) is 88.2 cm³/mol. The number of hydrogen-bond acceptors (Lipinski definition) is 6. The summed E-state index contributed by atoms with van der Waals surface area (Å²) in [6.45, 7) is 10.6. The molecule has 0 aliphatic carbocycles. The number of aromatic nitrogens is 1. The largest absolute Gasteiger partial charge is 0.479 e. The van der Waals surface area contributed by atoms with Crippen molar-refractivity contribution in [1.29, 1.82) is 0 Å². The van der Waals surface area contributed by atoms with Crippen LogP contribution in [0.15, 0.2) is 0 Å². The number of carbonyl (C=O) groups excluding carboxylic acids is 1. The van der Waals surface area contributed by atoms with Crippen molar-refractivity contribution >= 4 is 28.5 Å². The zero-order valence-corrected chi connectivity index (χ0v) is 15.3. The Hall–Kier alpha value is -1.67. The van der Waals surface area contributed by atoms with Crippen LogP contribution in [0.25, 0.3) is 0 Å². The number of ether oxygens (including phenoxy) is 2. The van der Waals surface area contributed by atoms with Gasteiger partial charge in [-0.3, -0.25) is 5.32 Å². The summed E-state index contributed by atoms with van der Waals surface area (Å²) >= 11 is 1.22. The van der Waals surface area contributed by atoms with Crippen molar-refractivity contribution in [2.45, 2.75) is 58.7 Å². The number of carbonyl (C=O) groups is 2. The molecule has 1 aromatic rings. The zero-order chi connectivity index (χ0) is 18.0. The number of nitrogens with one attached hydrogen (secondary N) is 1. The number of hydrogen-bond donors (Lipinski definition) is 2. The van der Waals surface area contributed by atoms with E-state index in [2.05, 4.69) is 10.3 Å². The SMILES string of the molecule is COC(C(=O)O)C(C)(C)c1sc(NC(=O)OC(C)(C)C)nc1C. The fourth-order valence-corrected chi connectivity index (χ4v) is 3.34. The molecule has 1 heterocycles. The topological polar surface area (TPSA) is 97.8 Å². The number of methoxy groups -OCH3 is 1. The summed E-state index contributed by atoms with van der Waals surface area (Å²) in [7, 11) is 1.36. The molecule has 0 aliphatic rings. The Morgan fingerprint density at radius 2 is 1.83 bits per heavy atom. The first-order valence-electron chi connectivity index (χ1n) is 7.12. The molecule has 0 aromatic carbocycles. The van der Waals surface area contributed by atoms with E-state index in [1.807, 2.05) is 0 Å². The Balaban J connectivity index is 3.02. The third kappa shape index (κ3) is 4.90. The van der Waals surface area contributed by atoms with E-state index in [1.54, 1.807) is 41.5 Å². The van der Waals surface area contributed by atoms with Gasteiger partial charge in [-0.2, -0.15) is 0 Å². The van der Waals surface area contributed by atoms with E-state index >= 15 is 0 Å². The average molecular weight is 344 g/mol. The monoisotopic (exact) mass is 344 g/mol. The van der Waals surface area contributed by atoms with Crippen LogP contribution in [0.1, 0.15) is 45.2 Å². The molecule has 0 spiro atoms. The molecular weight excluding hydrogens is 320 g/mol. The third-order valence-corrected chi connectivity index (χ3v) is 4.52. The standard InChI is InChI=1S/C15H24N2O5S/c1-8-10(15(5,6)9(21-7)11(18)19)23-12(16-8)17-13(20)22-14(2,3)4/h9H,1-7H3,(H,18,19)(H,16,17,20). The van der Waals surface area contributed by atoms with Crippen LogP contribution in [0.4, 0.5) is 9.93 Å². The van der Waals surface area contributed by atoms with Gasteiger partial charge in [0.15, 0.2) is 11.2 Å². The van der Waals surface area contributed by atoms with Crippen LogP contribution < -0.4 is 5.32 Å². The summed E-state index contributed by atoms with van der Waals surface area (Å²) in [6, 6.07) is 0. The summed E-state index contributed by atoms with van der Waals surface area (Å²) in [5.74, 6) is -1.05. The lowest BCUT2D eigenvalue weighted by Crippen LogP contribution is -2.41. The Morgan fingerprint density at radius 1 is 1.26 bits per heavy atom. The molecular formula is C15H24N2O5S. The van der Waals surface area contributed by atoms with Gasteiger partial charge in [-0.05, 0) is 27.7 Å². The van der Waals surface area contributed by atoms with Crippen molar-refractivity contribution in [3.8, 4) is 0 Å². The molecule has 1 unspecified atom stereocenters. The number of amides is 1. The predicted octanol–water partition coefficient (Wildman–Crippen LogP) is 3.18. The van der Waals surface area contributed by atoms with Crippen molar-refractivity contribution in [2.75, 3.05) is 12.4 Å². The van der Waals surface area contributed by atoms with Crippen LogP contribution in [-0.2, 0) is 19.7 Å². The van der Waals surface area contributed by atoms with Crippen LogP contribution in [-0.4, -0.2) is 41.0 Å². The fourth-order valence-electron chi connectivity index (χ4n) is 2.26. The Labute approximate surface area is 140 Å². The van der Waals surface area contributed by atoms with Gasteiger partial charge in [-0.1, -0.05) is 13.8 Å². The molecule has 0 radical (unpaired) electrons.